The fraction of sp³-hybridized carbons (Fsp3) is 0.538. The second-order valence-corrected chi connectivity index (χ2v) is 10.6. The number of carbonyl (C=O) groups excluding carboxylic acids is 2. The van der Waals surface area contributed by atoms with E-state index in [4.69, 9.17) is 4.74 Å². The Balaban J connectivity index is 2.27. The Kier molecular flexibility index (Phi) is 8.74. The van der Waals surface area contributed by atoms with Gasteiger partial charge in [0.1, 0.15) is 17.9 Å². The highest BCUT2D eigenvalue weighted by atomic mass is 79.9. The average molecular weight is 505 g/mol. The molecule has 0 aliphatic carbocycles. The first-order valence-electron chi connectivity index (χ1n) is 11.2. The van der Waals surface area contributed by atoms with Crippen molar-refractivity contribution < 1.29 is 14.3 Å². The molecule has 6 heteroatoms. The summed E-state index contributed by atoms with van der Waals surface area (Å²) in [5.74, 6) is 0.0262. The molecule has 0 N–H and O–H groups in total. The lowest BCUT2D eigenvalue weighted by Gasteiger charge is -2.31. The minimum absolute atomic E-state index is 0.0403. The van der Waals surface area contributed by atoms with Gasteiger partial charge in [-0.05, 0) is 52.7 Å². The second-order valence-electron chi connectivity index (χ2n) is 9.66. The number of ketones is 1. The molecule has 2 rings (SSSR count). The first kappa shape index (κ1) is 26.2. The predicted octanol–water partition coefficient (Wildman–Crippen LogP) is 6.11. The Hall–Kier alpha value is -2.08. The van der Waals surface area contributed by atoms with Gasteiger partial charge < -0.3 is 14.5 Å². The number of likely N-dealkylation sites (N-methyl/N-ethyl adjacent to an activating group) is 1. The topological polar surface area (TPSA) is 49.9 Å². The first-order valence-corrected chi connectivity index (χ1v) is 12.0. The number of benzene rings is 1. The van der Waals surface area contributed by atoms with Crippen LogP contribution in [0.3, 0.4) is 0 Å². The number of nitrogens with zero attached hydrogens (tertiary/aromatic N) is 2. The fourth-order valence-electron chi connectivity index (χ4n) is 4.13. The van der Waals surface area contributed by atoms with Gasteiger partial charge >= 0.3 is 5.97 Å². The Morgan fingerprint density at radius 1 is 1.28 bits per heavy atom. The molecule has 1 aliphatic rings. The van der Waals surface area contributed by atoms with Crippen molar-refractivity contribution in [1.29, 1.82) is 0 Å². The van der Waals surface area contributed by atoms with Crippen LogP contribution in [-0.4, -0.2) is 41.9 Å². The van der Waals surface area contributed by atoms with E-state index in [1.807, 2.05) is 52.6 Å². The molecule has 1 aromatic carbocycles. The Bertz CT molecular complexity index is 901. The molecule has 176 valence electrons. The molecule has 5 nitrogen and oxygen atoms in total. The third kappa shape index (κ3) is 6.71. The van der Waals surface area contributed by atoms with E-state index in [1.54, 1.807) is 0 Å². The van der Waals surface area contributed by atoms with Crippen molar-refractivity contribution in [3.63, 3.8) is 0 Å². The van der Waals surface area contributed by atoms with Crippen molar-refractivity contribution in [2.45, 2.75) is 78.5 Å². The Morgan fingerprint density at radius 2 is 1.94 bits per heavy atom. The molecule has 1 heterocycles. The maximum Gasteiger partial charge on any atom is 0.326 e. The van der Waals surface area contributed by atoms with E-state index >= 15 is 0 Å². The zero-order valence-electron chi connectivity index (χ0n) is 20.4. The summed E-state index contributed by atoms with van der Waals surface area (Å²) in [7, 11) is 1.90. The van der Waals surface area contributed by atoms with E-state index in [2.05, 4.69) is 40.1 Å². The molecule has 1 atom stereocenters. The van der Waals surface area contributed by atoms with Crippen LogP contribution in [0.25, 0.3) is 5.70 Å². The van der Waals surface area contributed by atoms with Crippen LogP contribution in [0.2, 0.25) is 0 Å². The van der Waals surface area contributed by atoms with Crippen LogP contribution in [0.15, 0.2) is 35.3 Å². The Labute approximate surface area is 201 Å². The third-order valence-electron chi connectivity index (χ3n) is 5.55. The molecule has 0 saturated heterocycles. The quantitative estimate of drug-likeness (QED) is 0.284. The standard InChI is InChI=1S/C26H37BrN2O3/c1-9-10-20(30)11-12-23(17(2)3)29-15-22-21(18(29)4)13-19(27)14-24(22)28(8)16-25(31)32-26(5,6)7/h13-14,23H,2,4,9-12,15-16H2,1,3,5-8H3. The van der Waals surface area contributed by atoms with Gasteiger partial charge in [0.15, 0.2) is 0 Å². The maximum atomic E-state index is 12.4. The molecule has 0 fully saturated rings. The largest absolute Gasteiger partial charge is 0.459 e. The van der Waals surface area contributed by atoms with Gasteiger partial charge in [-0.25, -0.2) is 0 Å². The summed E-state index contributed by atoms with van der Waals surface area (Å²) in [5.41, 5.74) is 4.56. The van der Waals surface area contributed by atoms with Crippen molar-refractivity contribution in [2.24, 2.45) is 0 Å². The van der Waals surface area contributed by atoms with Gasteiger partial charge in [0.25, 0.3) is 0 Å². The molecule has 0 spiro atoms. The maximum absolute atomic E-state index is 12.4. The number of esters is 1. The van der Waals surface area contributed by atoms with Crippen LogP contribution in [0.4, 0.5) is 5.69 Å². The number of hydrogen-bond acceptors (Lipinski definition) is 5. The number of hydrogen-bond donors (Lipinski definition) is 0. The average Bonchev–Trinajstić information content (AvgIpc) is 2.96. The molecule has 1 unspecified atom stereocenters. The van der Waals surface area contributed by atoms with E-state index in [1.165, 1.54) is 0 Å². The summed E-state index contributed by atoms with van der Waals surface area (Å²) in [6.07, 6.45) is 2.77. The zero-order valence-corrected chi connectivity index (χ0v) is 22.0. The zero-order chi connectivity index (χ0) is 24.2. The van der Waals surface area contributed by atoms with Gasteiger partial charge in [-0.2, -0.15) is 0 Å². The Morgan fingerprint density at radius 3 is 2.50 bits per heavy atom. The number of carbonyl (C=O) groups is 2. The van der Waals surface area contributed by atoms with E-state index in [9.17, 15) is 9.59 Å². The molecule has 0 bridgehead atoms. The van der Waals surface area contributed by atoms with Crippen LogP contribution in [0.1, 0.15) is 71.4 Å². The summed E-state index contributed by atoms with van der Waals surface area (Å²) in [6.45, 7) is 19.0. The van der Waals surface area contributed by atoms with Gasteiger partial charge in [0.2, 0.25) is 0 Å². The molecule has 1 aromatic rings. The molecule has 0 aromatic heterocycles. The first-order chi connectivity index (χ1) is 14.8. The third-order valence-corrected chi connectivity index (χ3v) is 6.00. The van der Waals surface area contributed by atoms with Crippen molar-refractivity contribution in [2.75, 3.05) is 18.5 Å². The minimum Gasteiger partial charge on any atom is -0.459 e. The summed E-state index contributed by atoms with van der Waals surface area (Å²) < 4.78 is 6.43. The molecular formula is C26H37BrN2O3. The summed E-state index contributed by atoms with van der Waals surface area (Å²) >= 11 is 3.61. The van der Waals surface area contributed by atoms with E-state index in [0.29, 0.717) is 25.2 Å². The monoisotopic (exact) mass is 504 g/mol. The molecule has 1 aliphatic heterocycles. The van der Waals surface area contributed by atoms with Crippen LogP contribution in [0, 0.1) is 0 Å². The molecule has 32 heavy (non-hydrogen) atoms. The summed E-state index contributed by atoms with van der Waals surface area (Å²) in [6, 6.07) is 4.14. The van der Waals surface area contributed by atoms with E-state index in [0.717, 1.165) is 45.4 Å². The number of anilines is 1. The smallest absolute Gasteiger partial charge is 0.326 e. The van der Waals surface area contributed by atoms with Gasteiger partial charge in [-0.15, -0.1) is 0 Å². The van der Waals surface area contributed by atoms with Crippen LogP contribution in [-0.2, 0) is 20.9 Å². The highest BCUT2D eigenvalue weighted by Crippen LogP contribution is 2.42. The second kappa shape index (κ2) is 10.7. The van der Waals surface area contributed by atoms with E-state index in [-0.39, 0.29) is 18.6 Å². The summed E-state index contributed by atoms with van der Waals surface area (Å²) in [5, 5.41) is 0. The lowest BCUT2D eigenvalue weighted by atomic mass is 10.00. The molecular weight excluding hydrogens is 468 g/mol. The SMILES string of the molecule is C=C(C)C(CCC(=O)CCC)N1Cc2c(cc(Br)cc2N(C)CC(=O)OC(C)(C)C)C1=C. The normalized spacial score (nSPS) is 14.2. The number of rotatable bonds is 10. The lowest BCUT2D eigenvalue weighted by molar-refractivity contribution is -0.152. The number of ether oxygens (including phenoxy) is 1. The van der Waals surface area contributed by atoms with Gasteiger partial charge in [-0.3, -0.25) is 9.59 Å². The number of halogens is 1. The number of Topliss-reactive ketones (excluding diaryl/α,β-unsaturated/α-hetero) is 1. The van der Waals surface area contributed by atoms with Crippen molar-refractivity contribution in [1.82, 2.24) is 4.90 Å². The van der Waals surface area contributed by atoms with E-state index < -0.39 is 5.60 Å². The van der Waals surface area contributed by atoms with Crippen LogP contribution < -0.4 is 4.90 Å². The summed E-state index contributed by atoms with van der Waals surface area (Å²) in [4.78, 5) is 28.7. The molecule has 0 amide bonds. The van der Waals surface area contributed by atoms with Gasteiger partial charge in [0, 0.05) is 53.4 Å². The lowest BCUT2D eigenvalue weighted by Crippen LogP contribution is -2.33. The van der Waals surface area contributed by atoms with Crippen molar-refractivity contribution in [3.05, 3.63) is 46.5 Å². The minimum atomic E-state index is -0.522. The predicted molar refractivity (Wildman–Crippen MR) is 136 cm³/mol. The number of fused-ring (bicyclic) bond motifs is 1. The van der Waals surface area contributed by atoms with Crippen LogP contribution >= 0.6 is 15.9 Å². The van der Waals surface area contributed by atoms with Gasteiger partial charge in [-0.1, -0.05) is 41.6 Å². The molecule has 0 saturated carbocycles. The highest BCUT2D eigenvalue weighted by Gasteiger charge is 2.32. The molecule has 0 radical (unpaired) electrons. The van der Waals surface area contributed by atoms with Crippen LogP contribution in [0.5, 0.6) is 0 Å². The highest BCUT2D eigenvalue weighted by molar-refractivity contribution is 9.10. The fourth-order valence-corrected chi connectivity index (χ4v) is 4.57. The van der Waals surface area contributed by atoms with Crippen molar-refractivity contribution >= 4 is 39.1 Å². The van der Waals surface area contributed by atoms with Crippen molar-refractivity contribution in [3.8, 4) is 0 Å². The van der Waals surface area contributed by atoms with Gasteiger partial charge in [0.05, 0.1) is 6.04 Å².